The molecule has 1 aliphatic heterocycles. The Morgan fingerprint density at radius 2 is 0.857 bits per heavy atom. The van der Waals surface area contributed by atoms with Gasteiger partial charge in [-0.3, -0.25) is 0 Å². The van der Waals surface area contributed by atoms with Crippen molar-refractivity contribution in [3.05, 3.63) is 0 Å². The van der Waals surface area contributed by atoms with Crippen LogP contribution >= 0.6 is 0 Å². The van der Waals surface area contributed by atoms with E-state index in [1.807, 2.05) is 0 Å². The molecule has 7 heteroatoms. The zero-order valence-electron chi connectivity index (χ0n) is 13.4. The van der Waals surface area contributed by atoms with Crippen molar-refractivity contribution in [2.45, 2.75) is 26.7 Å². The van der Waals surface area contributed by atoms with Gasteiger partial charge in [0, 0.05) is 26.2 Å². The third-order valence-electron chi connectivity index (χ3n) is 3.84. The molecule has 1 saturated heterocycles. The van der Waals surface area contributed by atoms with Crippen molar-refractivity contribution in [3.8, 4) is 0 Å². The number of nitrogens with one attached hydrogen (secondary N) is 4. The van der Waals surface area contributed by atoms with E-state index in [0.717, 1.165) is 64.2 Å². The Labute approximate surface area is 154 Å². The Bertz CT molecular complexity index is 166. The molecule has 0 saturated carbocycles. The third kappa shape index (κ3) is 14.3. The maximum atomic E-state index is 3.55. The van der Waals surface area contributed by atoms with Gasteiger partial charge in [-0.15, -0.1) is 0 Å². The molecule has 0 unspecified atom stereocenters. The van der Waals surface area contributed by atoms with E-state index in [2.05, 4.69) is 35.1 Å². The molecule has 129 valence electrons. The molecule has 4 nitrogen and oxygen atoms in total. The molecule has 21 heavy (non-hydrogen) atoms. The maximum absolute atomic E-state index is 3.55. The Hall–Kier alpha value is 0.939. The summed E-state index contributed by atoms with van der Waals surface area (Å²) in [5.74, 6) is 1.52. The Kier molecular flexibility index (Phi) is 24.2. The van der Waals surface area contributed by atoms with Crippen LogP contribution in [-0.2, 0) is 17.1 Å². The quantitative estimate of drug-likeness (QED) is 0.360. The molecular formula is C14H32Cl2MnN4. The van der Waals surface area contributed by atoms with Crippen LogP contribution in [-0.4, -0.2) is 52.4 Å². The molecule has 0 aromatic rings. The second-order valence-corrected chi connectivity index (χ2v) is 5.37. The van der Waals surface area contributed by atoms with Crippen LogP contribution in [0.1, 0.15) is 26.7 Å². The summed E-state index contributed by atoms with van der Waals surface area (Å²) in [5.41, 5.74) is 0. The number of rotatable bonds is 2. The Morgan fingerprint density at radius 1 is 0.619 bits per heavy atom. The van der Waals surface area contributed by atoms with Gasteiger partial charge in [0.1, 0.15) is 0 Å². The van der Waals surface area contributed by atoms with Crippen molar-refractivity contribution >= 4 is 0 Å². The molecule has 1 radical (unpaired) electrons. The van der Waals surface area contributed by atoms with E-state index in [0.29, 0.717) is 0 Å². The van der Waals surface area contributed by atoms with E-state index < -0.39 is 0 Å². The van der Waals surface area contributed by atoms with Crippen LogP contribution in [0.25, 0.3) is 0 Å². The zero-order chi connectivity index (χ0) is 13.1. The van der Waals surface area contributed by atoms with Crippen molar-refractivity contribution in [2.75, 3.05) is 52.4 Å². The van der Waals surface area contributed by atoms with Gasteiger partial charge in [0.25, 0.3) is 0 Å². The molecule has 4 N–H and O–H groups in total. The van der Waals surface area contributed by atoms with Crippen LogP contribution < -0.4 is 46.1 Å². The van der Waals surface area contributed by atoms with Crippen LogP contribution in [0.2, 0.25) is 0 Å². The predicted molar refractivity (Wildman–Crippen MR) is 79.0 cm³/mol. The number of halogens is 2. The number of hydrogen-bond donors (Lipinski definition) is 4. The van der Waals surface area contributed by atoms with Gasteiger partial charge in [-0.25, -0.2) is 0 Å². The normalized spacial score (nSPS) is 25.4. The van der Waals surface area contributed by atoms with Crippen molar-refractivity contribution in [2.24, 2.45) is 11.8 Å². The molecule has 0 spiro atoms. The summed E-state index contributed by atoms with van der Waals surface area (Å²) < 4.78 is 0. The van der Waals surface area contributed by atoms with Crippen LogP contribution in [0.5, 0.6) is 0 Å². The summed E-state index contributed by atoms with van der Waals surface area (Å²) >= 11 is 0. The largest absolute Gasteiger partial charge is 2.00 e. The number of hydrogen-bond acceptors (Lipinski definition) is 4. The molecule has 0 bridgehead atoms. The van der Waals surface area contributed by atoms with Crippen LogP contribution in [0, 0.1) is 11.8 Å². The minimum atomic E-state index is 0. The average Bonchev–Trinajstić information content (AvgIpc) is 2.41. The molecule has 0 atom stereocenters. The monoisotopic (exact) mass is 381 g/mol. The summed E-state index contributed by atoms with van der Waals surface area (Å²) in [5, 5.41) is 14.2. The van der Waals surface area contributed by atoms with Crippen molar-refractivity contribution < 1.29 is 41.9 Å². The minimum Gasteiger partial charge on any atom is -1.00 e. The molecule has 0 aromatic heterocycles. The van der Waals surface area contributed by atoms with E-state index in [1.165, 1.54) is 12.8 Å². The molecule has 1 aliphatic rings. The average molecular weight is 382 g/mol. The van der Waals surface area contributed by atoms with Gasteiger partial charge in [0.05, 0.1) is 0 Å². The van der Waals surface area contributed by atoms with E-state index in [4.69, 9.17) is 0 Å². The van der Waals surface area contributed by atoms with E-state index in [-0.39, 0.29) is 41.9 Å². The van der Waals surface area contributed by atoms with Gasteiger partial charge in [-0.1, -0.05) is 26.7 Å². The molecule has 0 aliphatic carbocycles. The molecule has 0 amide bonds. The van der Waals surface area contributed by atoms with E-state index in [1.54, 1.807) is 0 Å². The standard InChI is InChI=1S/C14H32N4.2ClH.Mn/c1-3-13-9-15-5-7-17-11-14(4-2)12-18-8-6-16-10-13;;;/h13-18H,3-12H2,1-2H3;2*1H;/q;;;+2/p-2. The fraction of sp³-hybridized carbons (Fsp3) is 1.00. The third-order valence-corrected chi connectivity index (χ3v) is 3.84. The summed E-state index contributed by atoms with van der Waals surface area (Å²) in [6.07, 6.45) is 2.50. The predicted octanol–water partition coefficient (Wildman–Crippen LogP) is -5.58. The van der Waals surface area contributed by atoms with Gasteiger partial charge >= 0.3 is 17.1 Å². The summed E-state index contributed by atoms with van der Waals surface area (Å²) in [6.45, 7) is 13.4. The summed E-state index contributed by atoms with van der Waals surface area (Å²) in [7, 11) is 0. The second kappa shape index (κ2) is 19.0. The van der Waals surface area contributed by atoms with Gasteiger partial charge in [-0.05, 0) is 38.0 Å². The van der Waals surface area contributed by atoms with Gasteiger partial charge in [-0.2, -0.15) is 0 Å². The van der Waals surface area contributed by atoms with Crippen molar-refractivity contribution in [3.63, 3.8) is 0 Å². The fourth-order valence-electron chi connectivity index (χ4n) is 2.30. The van der Waals surface area contributed by atoms with Gasteiger partial charge in [0.2, 0.25) is 0 Å². The molecular weight excluding hydrogens is 350 g/mol. The van der Waals surface area contributed by atoms with Crippen molar-refractivity contribution in [1.82, 2.24) is 21.3 Å². The molecule has 1 fully saturated rings. The molecule has 1 rings (SSSR count). The molecule has 1 heterocycles. The minimum absolute atomic E-state index is 0. The first-order valence-corrected chi connectivity index (χ1v) is 7.69. The van der Waals surface area contributed by atoms with E-state index in [9.17, 15) is 0 Å². The van der Waals surface area contributed by atoms with Gasteiger partial charge < -0.3 is 46.1 Å². The topological polar surface area (TPSA) is 48.1 Å². The first-order valence-electron chi connectivity index (χ1n) is 7.69. The molecule has 0 aromatic carbocycles. The summed E-state index contributed by atoms with van der Waals surface area (Å²) in [6, 6.07) is 0. The van der Waals surface area contributed by atoms with Crippen molar-refractivity contribution in [1.29, 1.82) is 0 Å². The first-order chi connectivity index (χ1) is 8.86. The maximum Gasteiger partial charge on any atom is 2.00 e. The van der Waals surface area contributed by atoms with Crippen LogP contribution in [0.15, 0.2) is 0 Å². The summed E-state index contributed by atoms with van der Waals surface area (Å²) in [4.78, 5) is 0. The second-order valence-electron chi connectivity index (χ2n) is 5.37. The van der Waals surface area contributed by atoms with Crippen LogP contribution in [0.4, 0.5) is 0 Å². The smallest absolute Gasteiger partial charge is 1.00 e. The fourth-order valence-corrected chi connectivity index (χ4v) is 2.30. The Morgan fingerprint density at radius 3 is 1.05 bits per heavy atom. The van der Waals surface area contributed by atoms with E-state index >= 15 is 0 Å². The SMILES string of the molecule is CCC1CNCCNCC(CC)CNCCNC1.[Cl-].[Cl-].[Mn+2]. The van der Waals surface area contributed by atoms with Gasteiger partial charge in [0.15, 0.2) is 0 Å². The zero-order valence-corrected chi connectivity index (χ0v) is 16.1. The first kappa shape index (κ1) is 26.8. The Balaban J connectivity index is -0.00000108. The van der Waals surface area contributed by atoms with Crippen LogP contribution in [0.3, 0.4) is 0 Å².